The minimum Gasteiger partial charge on any atom is -0.468 e. The second kappa shape index (κ2) is 7.59. The van der Waals surface area contributed by atoms with E-state index in [2.05, 4.69) is 33.0 Å². The van der Waals surface area contributed by atoms with Gasteiger partial charge < -0.3 is 14.8 Å². The van der Waals surface area contributed by atoms with Crippen molar-refractivity contribution >= 4 is 5.97 Å². The summed E-state index contributed by atoms with van der Waals surface area (Å²) in [5.41, 5.74) is -0.434. The van der Waals surface area contributed by atoms with Gasteiger partial charge in [-0.15, -0.1) is 0 Å². The molecule has 0 spiro atoms. The normalized spacial score (nSPS) is 27.9. The Bertz CT molecular complexity index is 343. The average molecular weight is 299 g/mol. The zero-order chi connectivity index (χ0) is 16.1. The van der Waals surface area contributed by atoms with Crippen LogP contribution in [-0.4, -0.2) is 37.9 Å². The number of hydrogen-bond acceptors (Lipinski definition) is 4. The molecule has 21 heavy (non-hydrogen) atoms. The first-order valence-corrected chi connectivity index (χ1v) is 8.17. The van der Waals surface area contributed by atoms with Crippen LogP contribution in [0.25, 0.3) is 0 Å². The van der Waals surface area contributed by atoms with E-state index < -0.39 is 5.54 Å². The molecule has 1 fully saturated rings. The SMILES string of the molecule is CCCNC(C)(COC1CC(C)CC(C)(C)C1)C(=O)OC. The van der Waals surface area contributed by atoms with Gasteiger partial charge in [0.1, 0.15) is 5.54 Å². The summed E-state index contributed by atoms with van der Waals surface area (Å²) in [6.45, 7) is 12.0. The molecule has 4 heteroatoms. The molecule has 0 amide bonds. The highest BCUT2D eigenvalue weighted by molar-refractivity contribution is 5.80. The first kappa shape index (κ1) is 18.4. The molecule has 1 rings (SSSR count). The van der Waals surface area contributed by atoms with Crippen molar-refractivity contribution < 1.29 is 14.3 Å². The van der Waals surface area contributed by atoms with Crippen molar-refractivity contribution in [1.82, 2.24) is 5.32 Å². The molecular weight excluding hydrogens is 266 g/mol. The maximum absolute atomic E-state index is 12.0. The van der Waals surface area contributed by atoms with Crippen LogP contribution in [-0.2, 0) is 14.3 Å². The van der Waals surface area contributed by atoms with Crippen molar-refractivity contribution in [2.75, 3.05) is 20.3 Å². The molecular formula is C17H33NO3. The predicted molar refractivity (Wildman–Crippen MR) is 85.3 cm³/mol. The van der Waals surface area contributed by atoms with Gasteiger partial charge in [-0.1, -0.05) is 27.7 Å². The lowest BCUT2D eigenvalue weighted by Crippen LogP contribution is -2.54. The summed E-state index contributed by atoms with van der Waals surface area (Å²) in [5, 5.41) is 3.27. The van der Waals surface area contributed by atoms with Crippen LogP contribution in [0.15, 0.2) is 0 Å². The number of rotatable bonds is 7. The molecule has 0 heterocycles. The molecule has 0 bridgehead atoms. The van der Waals surface area contributed by atoms with Crippen molar-refractivity contribution in [2.45, 2.75) is 71.9 Å². The van der Waals surface area contributed by atoms with Crippen LogP contribution in [0.5, 0.6) is 0 Å². The highest BCUT2D eigenvalue weighted by Gasteiger charge is 2.37. The van der Waals surface area contributed by atoms with Crippen LogP contribution in [0.1, 0.15) is 60.3 Å². The number of esters is 1. The van der Waals surface area contributed by atoms with Gasteiger partial charge in [0.2, 0.25) is 0 Å². The minimum absolute atomic E-state index is 0.233. The molecule has 3 unspecified atom stereocenters. The quantitative estimate of drug-likeness (QED) is 0.734. The number of nitrogens with one attached hydrogen (secondary N) is 1. The highest BCUT2D eigenvalue weighted by Crippen LogP contribution is 2.39. The van der Waals surface area contributed by atoms with Gasteiger partial charge in [-0.25, -0.2) is 4.79 Å². The molecule has 1 saturated carbocycles. The molecule has 0 aromatic rings. The van der Waals surface area contributed by atoms with E-state index in [4.69, 9.17) is 9.47 Å². The monoisotopic (exact) mass is 299 g/mol. The summed E-state index contributed by atoms with van der Waals surface area (Å²) >= 11 is 0. The number of hydrogen-bond donors (Lipinski definition) is 1. The van der Waals surface area contributed by atoms with Crippen molar-refractivity contribution in [3.8, 4) is 0 Å². The van der Waals surface area contributed by atoms with Crippen LogP contribution in [0.4, 0.5) is 0 Å². The second-order valence-electron chi connectivity index (χ2n) is 7.60. The Morgan fingerprint density at radius 2 is 2.05 bits per heavy atom. The molecule has 1 aliphatic carbocycles. The van der Waals surface area contributed by atoms with E-state index in [0.717, 1.165) is 25.8 Å². The standard InChI is InChI=1S/C17H33NO3/c1-7-8-18-17(5,15(19)20-6)12-21-14-9-13(2)10-16(3,4)11-14/h13-14,18H,7-12H2,1-6H3. The summed E-state index contributed by atoms with van der Waals surface area (Å²) in [7, 11) is 1.43. The Hall–Kier alpha value is -0.610. The maximum Gasteiger partial charge on any atom is 0.328 e. The molecule has 0 aliphatic heterocycles. The van der Waals surface area contributed by atoms with Gasteiger partial charge in [-0.05, 0) is 50.5 Å². The van der Waals surface area contributed by atoms with Crippen molar-refractivity contribution in [3.63, 3.8) is 0 Å². The summed E-state index contributed by atoms with van der Waals surface area (Å²) in [6, 6.07) is 0. The van der Waals surface area contributed by atoms with Gasteiger partial charge in [-0.3, -0.25) is 0 Å². The average Bonchev–Trinajstić information content (AvgIpc) is 2.39. The Labute approximate surface area is 130 Å². The largest absolute Gasteiger partial charge is 0.468 e. The Morgan fingerprint density at radius 1 is 1.38 bits per heavy atom. The van der Waals surface area contributed by atoms with E-state index in [-0.39, 0.29) is 12.1 Å². The fourth-order valence-corrected chi connectivity index (χ4v) is 3.48. The smallest absolute Gasteiger partial charge is 0.328 e. The summed E-state index contributed by atoms with van der Waals surface area (Å²) in [6.07, 6.45) is 4.59. The van der Waals surface area contributed by atoms with Crippen molar-refractivity contribution in [2.24, 2.45) is 11.3 Å². The van der Waals surface area contributed by atoms with Crippen LogP contribution in [0, 0.1) is 11.3 Å². The molecule has 0 saturated heterocycles. The first-order chi connectivity index (χ1) is 9.72. The lowest BCUT2D eigenvalue weighted by Gasteiger charge is -2.40. The molecule has 3 atom stereocenters. The highest BCUT2D eigenvalue weighted by atomic mass is 16.5. The molecule has 0 radical (unpaired) electrons. The van der Waals surface area contributed by atoms with E-state index in [1.807, 2.05) is 6.92 Å². The Balaban J connectivity index is 2.61. The Morgan fingerprint density at radius 3 is 2.57 bits per heavy atom. The summed E-state index contributed by atoms with van der Waals surface area (Å²) in [5.74, 6) is 0.422. The molecule has 1 aliphatic rings. The van der Waals surface area contributed by atoms with E-state index in [1.54, 1.807) is 0 Å². The van der Waals surface area contributed by atoms with E-state index in [0.29, 0.717) is 17.9 Å². The fraction of sp³-hybridized carbons (Fsp3) is 0.941. The fourth-order valence-electron chi connectivity index (χ4n) is 3.48. The Kier molecular flexibility index (Phi) is 6.67. The zero-order valence-electron chi connectivity index (χ0n) is 14.6. The minimum atomic E-state index is -0.754. The lowest BCUT2D eigenvalue weighted by atomic mass is 9.71. The van der Waals surface area contributed by atoms with Gasteiger partial charge in [0, 0.05) is 0 Å². The molecule has 0 aromatic heterocycles. The van der Waals surface area contributed by atoms with Crippen molar-refractivity contribution in [1.29, 1.82) is 0 Å². The van der Waals surface area contributed by atoms with Gasteiger partial charge in [0.25, 0.3) is 0 Å². The van der Waals surface area contributed by atoms with Crippen LogP contribution < -0.4 is 5.32 Å². The molecule has 4 nitrogen and oxygen atoms in total. The van der Waals surface area contributed by atoms with Crippen LogP contribution in [0.3, 0.4) is 0 Å². The maximum atomic E-state index is 12.0. The van der Waals surface area contributed by atoms with Crippen molar-refractivity contribution in [3.05, 3.63) is 0 Å². The second-order valence-corrected chi connectivity index (χ2v) is 7.60. The number of methoxy groups -OCH3 is 1. The number of carbonyl (C=O) groups is 1. The lowest BCUT2D eigenvalue weighted by molar-refractivity contribution is -0.152. The predicted octanol–water partition coefficient (Wildman–Crippen LogP) is 3.15. The van der Waals surface area contributed by atoms with Crippen LogP contribution in [0.2, 0.25) is 0 Å². The third kappa shape index (κ3) is 5.59. The summed E-state index contributed by atoms with van der Waals surface area (Å²) in [4.78, 5) is 12.0. The van der Waals surface area contributed by atoms with Gasteiger partial charge >= 0.3 is 5.97 Å². The topological polar surface area (TPSA) is 47.6 Å². The van der Waals surface area contributed by atoms with Gasteiger partial charge in [0.05, 0.1) is 19.8 Å². The zero-order valence-corrected chi connectivity index (χ0v) is 14.6. The van der Waals surface area contributed by atoms with Gasteiger partial charge in [0.15, 0.2) is 0 Å². The number of carbonyl (C=O) groups excluding carboxylic acids is 1. The summed E-state index contributed by atoms with van der Waals surface area (Å²) < 4.78 is 11.0. The third-order valence-electron chi connectivity index (χ3n) is 4.36. The van der Waals surface area contributed by atoms with E-state index >= 15 is 0 Å². The molecule has 0 aromatic carbocycles. The van der Waals surface area contributed by atoms with Gasteiger partial charge in [-0.2, -0.15) is 0 Å². The van der Waals surface area contributed by atoms with Crippen LogP contribution >= 0.6 is 0 Å². The first-order valence-electron chi connectivity index (χ1n) is 8.17. The third-order valence-corrected chi connectivity index (χ3v) is 4.36. The van der Waals surface area contributed by atoms with E-state index in [1.165, 1.54) is 13.5 Å². The molecule has 1 N–H and O–H groups in total. The number of ether oxygens (including phenoxy) is 2. The van der Waals surface area contributed by atoms with E-state index in [9.17, 15) is 4.79 Å². The molecule has 124 valence electrons.